The summed E-state index contributed by atoms with van der Waals surface area (Å²) in [4.78, 5) is 11.7. The van der Waals surface area contributed by atoms with Gasteiger partial charge in [-0.3, -0.25) is 4.79 Å². The lowest BCUT2D eigenvalue weighted by Crippen LogP contribution is -2.55. The first-order chi connectivity index (χ1) is 12.7. The third kappa shape index (κ3) is 4.69. The Kier molecular flexibility index (Phi) is 6.66. The van der Waals surface area contributed by atoms with Gasteiger partial charge in [0.25, 0.3) is 0 Å². The average Bonchev–Trinajstić information content (AvgIpc) is 2.63. The van der Waals surface area contributed by atoms with E-state index >= 15 is 0 Å². The van der Waals surface area contributed by atoms with Crippen molar-refractivity contribution in [3.05, 3.63) is 65.2 Å². The van der Waals surface area contributed by atoms with E-state index in [4.69, 9.17) is 5.73 Å². The molecule has 4 nitrogen and oxygen atoms in total. The van der Waals surface area contributed by atoms with Crippen LogP contribution in [-0.2, 0) is 0 Å². The summed E-state index contributed by atoms with van der Waals surface area (Å²) >= 11 is 0. The minimum atomic E-state index is -0.479. The van der Waals surface area contributed by atoms with Crippen LogP contribution >= 0.6 is 0 Å². The molecule has 0 aliphatic heterocycles. The normalized spacial score (nSPS) is 13.1. The number of phenols is 1. The van der Waals surface area contributed by atoms with E-state index < -0.39 is 5.91 Å². The first kappa shape index (κ1) is 21.0. The first-order valence-corrected chi connectivity index (χ1v) is 9.69. The van der Waals surface area contributed by atoms with Crippen molar-refractivity contribution in [2.45, 2.75) is 52.1 Å². The largest absolute Gasteiger partial charge is 0.508 e. The minimum absolute atomic E-state index is 0.000417. The van der Waals surface area contributed by atoms with Crippen LogP contribution in [0, 0.1) is 0 Å². The molecule has 2 aromatic rings. The average molecular weight is 370 g/mol. The molecule has 0 unspecified atom stereocenters. The molecule has 0 fully saturated rings. The topological polar surface area (TPSA) is 63.3 Å². The van der Waals surface area contributed by atoms with Crippen LogP contribution in [0.4, 0.5) is 0 Å². The number of aromatic hydroxyl groups is 1. The van der Waals surface area contributed by atoms with Gasteiger partial charge >= 0.3 is 0 Å². The van der Waals surface area contributed by atoms with Gasteiger partial charge in [-0.15, -0.1) is 0 Å². The molecule has 0 bridgehead atoms. The molecule has 0 aliphatic carbocycles. The van der Waals surface area contributed by atoms with Crippen LogP contribution in [0.25, 0.3) is 0 Å². The number of quaternary nitrogens is 1. The molecular formula is C23H33N2O2+. The Balaban J connectivity index is 2.45. The number of benzene rings is 2. The third-order valence-electron chi connectivity index (χ3n) is 6.15. The van der Waals surface area contributed by atoms with Gasteiger partial charge < -0.3 is 15.3 Å². The fourth-order valence-electron chi connectivity index (χ4n) is 3.69. The minimum Gasteiger partial charge on any atom is -0.508 e. The SMILES string of the molecule is CC(C)[N+](C)(CC[C@@H](c1ccccc1)c1cc(C(N)=O)ccc1O)C(C)C. The maximum atomic E-state index is 11.7. The van der Waals surface area contributed by atoms with Crippen LogP contribution in [-0.4, -0.2) is 41.2 Å². The van der Waals surface area contributed by atoms with Crippen molar-refractivity contribution in [1.29, 1.82) is 0 Å². The molecule has 0 spiro atoms. The predicted octanol–water partition coefficient (Wildman–Crippen LogP) is 4.28. The van der Waals surface area contributed by atoms with Gasteiger partial charge in [0.1, 0.15) is 5.75 Å². The van der Waals surface area contributed by atoms with Crippen LogP contribution < -0.4 is 5.73 Å². The van der Waals surface area contributed by atoms with Crippen LogP contribution in [0.15, 0.2) is 48.5 Å². The highest BCUT2D eigenvalue weighted by atomic mass is 16.3. The molecular weight excluding hydrogens is 336 g/mol. The van der Waals surface area contributed by atoms with Crippen molar-refractivity contribution in [3.63, 3.8) is 0 Å². The Hall–Kier alpha value is -2.33. The number of carbonyl (C=O) groups is 1. The molecule has 0 saturated heterocycles. The monoisotopic (exact) mass is 369 g/mol. The second-order valence-corrected chi connectivity index (χ2v) is 8.15. The molecule has 1 atom stereocenters. The van der Waals surface area contributed by atoms with E-state index in [0.717, 1.165) is 28.6 Å². The van der Waals surface area contributed by atoms with Gasteiger partial charge in [-0.05, 0) is 51.5 Å². The molecule has 27 heavy (non-hydrogen) atoms. The van der Waals surface area contributed by atoms with Crippen LogP contribution in [0.3, 0.4) is 0 Å². The third-order valence-corrected chi connectivity index (χ3v) is 6.15. The fourth-order valence-corrected chi connectivity index (χ4v) is 3.69. The van der Waals surface area contributed by atoms with Crippen LogP contribution in [0.2, 0.25) is 0 Å². The lowest BCUT2D eigenvalue weighted by atomic mass is 9.86. The van der Waals surface area contributed by atoms with Crippen molar-refractivity contribution in [3.8, 4) is 5.75 Å². The molecule has 2 rings (SSSR count). The second-order valence-electron chi connectivity index (χ2n) is 8.15. The zero-order valence-corrected chi connectivity index (χ0v) is 17.1. The highest BCUT2D eigenvalue weighted by Crippen LogP contribution is 2.36. The van der Waals surface area contributed by atoms with E-state index in [2.05, 4.69) is 46.9 Å². The van der Waals surface area contributed by atoms with E-state index in [1.807, 2.05) is 18.2 Å². The van der Waals surface area contributed by atoms with Crippen molar-refractivity contribution in [1.82, 2.24) is 0 Å². The second kappa shape index (κ2) is 8.57. The Bertz CT molecular complexity index is 761. The summed E-state index contributed by atoms with van der Waals surface area (Å²) in [6, 6.07) is 16.0. The number of carbonyl (C=O) groups excluding carboxylic acids is 1. The Morgan fingerprint density at radius 3 is 2.15 bits per heavy atom. The van der Waals surface area contributed by atoms with Gasteiger partial charge in [0.05, 0.1) is 25.7 Å². The summed E-state index contributed by atoms with van der Waals surface area (Å²) in [6.45, 7) is 9.98. The molecule has 0 aliphatic rings. The quantitative estimate of drug-likeness (QED) is 0.682. The van der Waals surface area contributed by atoms with Crippen molar-refractivity contribution >= 4 is 5.91 Å². The number of phenolic OH excluding ortho intramolecular Hbond substituents is 1. The lowest BCUT2D eigenvalue weighted by molar-refractivity contribution is -0.949. The Morgan fingerprint density at radius 1 is 1.04 bits per heavy atom. The number of nitrogens with zero attached hydrogens (tertiary/aromatic N) is 1. The maximum absolute atomic E-state index is 11.7. The molecule has 0 heterocycles. The highest BCUT2D eigenvalue weighted by molar-refractivity contribution is 5.93. The molecule has 0 radical (unpaired) electrons. The number of amides is 1. The summed E-state index contributed by atoms with van der Waals surface area (Å²) in [7, 11) is 2.29. The number of nitrogens with two attached hydrogens (primary N) is 1. The molecule has 2 aromatic carbocycles. The van der Waals surface area contributed by atoms with Gasteiger partial charge in [0.15, 0.2) is 0 Å². The Labute approximate surface area is 163 Å². The zero-order chi connectivity index (χ0) is 20.2. The zero-order valence-electron chi connectivity index (χ0n) is 17.1. The van der Waals surface area contributed by atoms with E-state index in [0.29, 0.717) is 17.6 Å². The lowest BCUT2D eigenvalue weighted by Gasteiger charge is -2.43. The van der Waals surface area contributed by atoms with E-state index in [1.165, 1.54) is 0 Å². The van der Waals surface area contributed by atoms with Crippen molar-refractivity contribution < 1.29 is 14.4 Å². The van der Waals surface area contributed by atoms with E-state index in [1.54, 1.807) is 18.2 Å². The van der Waals surface area contributed by atoms with Gasteiger partial charge in [-0.1, -0.05) is 30.3 Å². The molecule has 4 heteroatoms. The van der Waals surface area contributed by atoms with Gasteiger partial charge in [0.2, 0.25) is 5.91 Å². The summed E-state index contributed by atoms with van der Waals surface area (Å²) in [5, 5.41) is 10.5. The van der Waals surface area contributed by atoms with Crippen LogP contribution in [0.1, 0.15) is 61.5 Å². The number of rotatable bonds is 8. The molecule has 1 amide bonds. The smallest absolute Gasteiger partial charge is 0.248 e. The molecule has 0 aromatic heterocycles. The van der Waals surface area contributed by atoms with Crippen LogP contribution in [0.5, 0.6) is 5.75 Å². The highest BCUT2D eigenvalue weighted by Gasteiger charge is 2.31. The van der Waals surface area contributed by atoms with Gasteiger partial charge in [-0.2, -0.15) is 0 Å². The number of primary amides is 1. The van der Waals surface area contributed by atoms with Crippen molar-refractivity contribution in [2.75, 3.05) is 13.6 Å². The summed E-state index contributed by atoms with van der Waals surface area (Å²) in [5.41, 5.74) is 7.79. The van der Waals surface area contributed by atoms with E-state index in [9.17, 15) is 9.90 Å². The summed E-state index contributed by atoms with van der Waals surface area (Å²) < 4.78 is 0.944. The number of hydrogen-bond acceptors (Lipinski definition) is 2. The van der Waals surface area contributed by atoms with E-state index in [-0.39, 0.29) is 11.7 Å². The fraction of sp³-hybridized carbons (Fsp3) is 0.435. The molecule has 3 N–H and O–H groups in total. The predicted molar refractivity (Wildman–Crippen MR) is 111 cm³/mol. The standard InChI is InChI=1S/C23H32N2O2/c1-16(2)25(5,17(3)4)14-13-20(18-9-7-6-8-10-18)21-15-19(23(24)27)11-12-22(21)26/h6-12,15-17,20H,13-14H2,1-5H3,(H2-,24,26,27)/p+1/t20-/m0/s1. The summed E-state index contributed by atoms with van der Waals surface area (Å²) in [5.74, 6) is -0.273. The Morgan fingerprint density at radius 2 is 1.63 bits per heavy atom. The van der Waals surface area contributed by atoms with Crippen molar-refractivity contribution in [2.24, 2.45) is 5.73 Å². The summed E-state index contributed by atoms with van der Waals surface area (Å²) in [6.07, 6.45) is 0.868. The molecule has 0 saturated carbocycles. The molecule has 146 valence electrons. The maximum Gasteiger partial charge on any atom is 0.248 e. The first-order valence-electron chi connectivity index (χ1n) is 9.69. The van der Waals surface area contributed by atoms with Gasteiger partial charge in [0, 0.05) is 23.5 Å². The van der Waals surface area contributed by atoms with Gasteiger partial charge in [-0.25, -0.2) is 0 Å². The number of hydrogen-bond donors (Lipinski definition) is 2.